The van der Waals surface area contributed by atoms with Gasteiger partial charge in [-0.2, -0.15) is 0 Å². The topological polar surface area (TPSA) is 251 Å². The van der Waals surface area contributed by atoms with Crippen molar-refractivity contribution in [1.82, 2.24) is 20.6 Å². The lowest BCUT2D eigenvalue weighted by atomic mass is 10.2. The molecule has 1 aromatic heterocycles. The zero-order valence-electron chi connectivity index (χ0n) is 13.0. The molecule has 26 heavy (non-hydrogen) atoms. The summed E-state index contributed by atoms with van der Waals surface area (Å²) in [5, 5.41) is 39.1. The molecule has 1 rings (SSSR count). The van der Waals surface area contributed by atoms with Gasteiger partial charge in [0.15, 0.2) is 35.1 Å². The first-order valence-corrected chi connectivity index (χ1v) is 6.84. The predicted octanol–water partition coefficient (Wildman–Crippen LogP) is -4.01. The van der Waals surface area contributed by atoms with Crippen LogP contribution in [0.3, 0.4) is 0 Å². The van der Waals surface area contributed by atoms with Crippen molar-refractivity contribution < 1.29 is 39.6 Å². The van der Waals surface area contributed by atoms with Gasteiger partial charge >= 0.3 is 11.9 Å². The van der Waals surface area contributed by atoms with E-state index in [4.69, 9.17) is 31.9 Å². The lowest BCUT2D eigenvalue weighted by Gasteiger charge is -2.14. The molecule has 0 saturated heterocycles. The number of anilines is 2. The number of hydrogen-bond acceptors (Lipinski definition) is 10. The van der Waals surface area contributed by atoms with E-state index in [1.165, 1.54) is 0 Å². The van der Waals surface area contributed by atoms with Crippen LogP contribution >= 0.6 is 0 Å². The molecule has 1 aromatic rings. The highest BCUT2D eigenvalue weighted by Gasteiger charge is 2.26. The molecule has 10 N–H and O–H groups in total. The number of aliphatic carboxylic acids is 2. The quantitative estimate of drug-likeness (QED) is 0.217. The Morgan fingerprint density at radius 3 is 1.35 bits per heavy atom. The fourth-order valence-electron chi connectivity index (χ4n) is 1.62. The Balaban J connectivity index is 3.07. The second kappa shape index (κ2) is 8.54. The number of nitrogens with two attached hydrogens (primary N) is 2. The number of nitrogens with zero attached hydrogens (tertiary/aromatic N) is 2. The number of carboxylic acid groups (broad SMARTS) is 2. The number of amides is 2. The Morgan fingerprint density at radius 1 is 0.808 bits per heavy atom. The van der Waals surface area contributed by atoms with Crippen LogP contribution in [0.2, 0.25) is 0 Å². The van der Waals surface area contributed by atoms with Crippen LogP contribution < -0.4 is 22.1 Å². The van der Waals surface area contributed by atoms with E-state index >= 15 is 0 Å². The molecule has 0 bridgehead atoms. The summed E-state index contributed by atoms with van der Waals surface area (Å²) in [5.41, 5.74) is 9.80. The second-order valence-corrected chi connectivity index (χ2v) is 4.79. The SMILES string of the molecule is Nc1nc(C(=O)N[C@@H](CO)C(=O)O)c(N)nc1C(=O)N[C@@H](CO)C(=O)O. The van der Waals surface area contributed by atoms with E-state index in [2.05, 4.69) is 9.97 Å². The molecule has 14 nitrogen and oxygen atoms in total. The Hall–Kier alpha value is -3.52. The fourth-order valence-corrected chi connectivity index (χ4v) is 1.62. The van der Waals surface area contributed by atoms with Gasteiger partial charge in [-0.1, -0.05) is 0 Å². The summed E-state index contributed by atoms with van der Waals surface area (Å²) in [7, 11) is 0. The summed E-state index contributed by atoms with van der Waals surface area (Å²) < 4.78 is 0. The smallest absolute Gasteiger partial charge is 0.328 e. The van der Waals surface area contributed by atoms with Crippen LogP contribution in [0.15, 0.2) is 0 Å². The predicted molar refractivity (Wildman–Crippen MR) is 82.8 cm³/mol. The molecule has 0 aliphatic rings. The van der Waals surface area contributed by atoms with Crippen molar-refractivity contribution in [3.05, 3.63) is 11.4 Å². The number of nitrogens with one attached hydrogen (secondary N) is 2. The Bertz CT molecular complexity index is 677. The van der Waals surface area contributed by atoms with Crippen LogP contribution in [0.25, 0.3) is 0 Å². The van der Waals surface area contributed by atoms with Gasteiger partial charge in [0, 0.05) is 0 Å². The average molecular weight is 372 g/mol. The molecule has 0 aliphatic heterocycles. The number of aromatic nitrogens is 2. The Morgan fingerprint density at radius 2 is 1.12 bits per heavy atom. The van der Waals surface area contributed by atoms with E-state index in [1.807, 2.05) is 10.6 Å². The van der Waals surface area contributed by atoms with E-state index in [0.717, 1.165) is 0 Å². The van der Waals surface area contributed by atoms with E-state index in [1.54, 1.807) is 0 Å². The van der Waals surface area contributed by atoms with Gasteiger partial charge in [-0.15, -0.1) is 0 Å². The lowest BCUT2D eigenvalue weighted by Crippen LogP contribution is -2.45. The van der Waals surface area contributed by atoms with Crippen molar-refractivity contribution in [3.8, 4) is 0 Å². The minimum Gasteiger partial charge on any atom is -0.480 e. The van der Waals surface area contributed by atoms with Gasteiger partial charge in [0.05, 0.1) is 13.2 Å². The average Bonchev–Trinajstić information content (AvgIpc) is 2.57. The molecule has 0 aliphatic carbocycles. The molecular formula is C12H16N6O8. The number of rotatable bonds is 8. The van der Waals surface area contributed by atoms with E-state index in [0.29, 0.717) is 0 Å². The summed E-state index contributed by atoms with van der Waals surface area (Å²) in [5.74, 6) is -6.46. The van der Waals surface area contributed by atoms with Crippen molar-refractivity contribution in [2.75, 3.05) is 24.7 Å². The Kier molecular flexibility index (Phi) is 6.74. The third-order valence-electron chi connectivity index (χ3n) is 2.95. The maximum absolute atomic E-state index is 12.0. The number of carbonyl (C=O) groups excluding carboxylic acids is 2. The molecule has 0 spiro atoms. The molecule has 2 amide bonds. The third-order valence-corrected chi connectivity index (χ3v) is 2.95. The maximum atomic E-state index is 12.0. The van der Waals surface area contributed by atoms with Gasteiger partial charge in [0.2, 0.25) is 0 Å². The van der Waals surface area contributed by atoms with Crippen LogP contribution in [0, 0.1) is 0 Å². The summed E-state index contributed by atoms with van der Waals surface area (Å²) in [6.45, 7) is -1.80. The van der Waals surface area contributed by atoms with Crippen molar-refractivity contribution in [3.63, 3.8) is 0 Å². The summed E-state index contributed by atoms with van der Waals surface area (Å²) in [6, 6.07) is -3.26. The molecular weight excluding hydrogens is 356 g/mol. The molecule has 0 saturated carbocycles. The molecule has 1 heterocycles. The lowest BCUT2D eigenvalue weighted by molar-refractivity contribution is -0.141. The molecule has 14 heteroatoms. The van der Waals surface area contributed by atoms with Gasteiger partial charge < -0.3 is 42.5 Å². The van der Waals surface area contributed by atoms with Gasteiger partial charge in [0.1, 0.15) is 0 Å². The molecule has 0 radical (unpaired) electrons. The van der Waals surface area contributed by atoms with Crippen molar-refractivity contribution >= 4 is 35.4 Å². The van der Waals surface area contributed by atoms with Crippen LogP contribution in [0.5, 0.6) is 0 Å². The summed E-state index contributed by atoms with van der Waals surface area (Å²) in [4.78, 5) is 52.6. The third kappa shape index (κ3) is 4.74. The van der Waals surface area contributed by atoms with Crippen molar-refractivity contribution in [1.29, 1.82) is 0 Å². The van der Waals surface area contributed by atoms with Gasteiger partial charge in [0.25, 0.3) is 11.8 Å². The van der Waals surface area contributed by atoms with E-state index < -0.39 is 72.1 Å². The van der Waals surface area contributed by atoms with Crippen LogP contribution in [0.4, 0.5) is 11.6 Å². The van der Waals surface area contributed by atoms with Crippen molar-refractivity contribution in [2.24, 2.45) is 0 Å². The molecule has 0 unspecified atom stereocenters. The monoisotopic (exact) mass is 372 g/mol. The number of aliphatic hydroxyl groups is 2. The number of nitrogen functional groups attached to an aromatic ring is 2. The van der Waals surface area contributed by atoms with E-state index in [9.17, 15) is 19.2 Å². The number of carbonyl (C=O) groups is 4. The van der Waals surface area contributed by atoms with Gasteiger partial charge in [-0.05, 0) is 0 Å². The number of carboxylic acids is 2. The highest BCUT2D eigenvalue weighted by Crippen LogP contribution is 2.13. The summed E-state index contributed by atoms with van der Waals surface area (Å²) >= 11 is 0. The minimum atomic E-state index is -1.63. The molecule has 142 valence electrons. The van der Waals surface area contributed by atoms with Gasteiger partial charge in [-0.25, -0.2) is 19.6 Å². The second-order valence-electron chi connectivity index (χ2n) is 4.79. The van der Waals surface area contributed by atoms with Crippen LogP contribution in [-0.4, -0.2) is 79.4 Å². The van der Waals surface area contributed by atoms with Gasteiger partial charge in [-0.3, -0.25) is 9.59 Å². The van der Waals surface area contributed by atoms with E-state index in [-0.39, 0.29) is 0 Å². The zero-order chi connectivity index (χ0) is 20.0. The normalized spacial score (nSPS) is 12.7. The number of hydrogen-bond donors (Lipinski definition) is 8. The Labute approximate surface area is 144 Å². The van der Waals surface area contributed by atoms with Crippen molar-refractivity contribution in [2.45, 2.75) is 12.1 Å². The molecule has 2 atom stereocenters. The first kappa shape index (κ1) is 20.5. The van der Waals surface area contributed by atoms with Crippen LogP contribution in [0.1, 0.15) is 21.0 Å². The van der Waals surface area contributed by atoms with Crippen LogP contribution in [-0.2, 0) is 9.59 Å². The first-order valence-electron chi connectivity index (χ1n) is 6.84. The zero-order valence-corrected chi connectivity index (χ0v) is 13.0. The summed E-state index contributed by atoms with van der Waals surface area (Å²) in [6.07, 6.45) is 0. The first-order chi connectivity index (χ1) is 12.1. The molecule has 0 aromatic carbocycles. The standard InChI is InChI=1S/C12H16N6O8/c13-7-5(9(21)15-3(1-19)11(23)24)17-8(14)6(18-7)10(22)16-4(2-20)12(25)26/h3-4,19-20H,1-2H2,(H2,14,17)(H2,13,18)(H,15,21)(H,16,22)(H,23,24)(H,25,26)/t3-,4-/m0/s1. The highest BCUT2D eigenvalue weighted by atomic mass is 16.4. The maximum Gasteiger partial charge on any atom is 0.328 e. The highest BCUT2D eigenvalue weighted by molar-refractivity contribution is 6.02. The molecule has 0 fully saturated rings. The fraction of sp³-hybridized carbons (Fsp3) is 0.333. The number of aliphatic hydroxyl groups excluding tert-OH is 2. The minimum absolute atomic E-state index is 0.597. The largest absolute Gasteiger partial charge is 0.480 e.